The smallest absolute Gasteiger partial charge is 0.227 e. The van der Waals surface area contributed by atoms with Crippen molar-refractivity contribution in [1.29, 1.82) is 0 Å². The molecule has 2 heterocycles. The minimum Gasteiger partial charge on any atom is -0.354 e. The summed E-state index contributed by atoms with van der Waals surface area (Å²) in [4.78, 5) is 13.0. The minimum atomic E-state index is -0.128. The van der Waals surface area contributed by atoms with Crippen LogP contribution in [0.3, 0.4) is 0 Å². The predicted molar refractivity (Wildman–Crippen MR) is 95.6 cm³/mol. The van der Waals surface area contributed by atoms with Crippen LogP contribution < -0.4 is 10.6 Å². The van der Waals surface area contributed by atoms with E-state index in [1.807, 2.05) is 11.8 Å². The fraction of sp³-hybridized carbons (Fsp3) is 0.632. The van der Waals surface area contributed by atoms with Crippen molar-refractivity contribution < 1.29 is 4.79 Å². The SMILES string of the molecule is O=C(NCC1SCCc2ccccc21)[C@@]12CCCC[C@H]1CNC2. The Morgan fingerprint density at radius 3 is 3.22 bits per heavy atom. The molecule has 23 heavy (non-hydrogen) atoms. The van der Waals surface area contributed by atoms with E-state index in [9.17, 15) is 4.79 Å². The first-order valence-corrected chi connectivity index (χ1v) is 10.0. The highest BCUT2D eigenvalue weighted by atomic mass is 32.2. The number of carbonyl (C=O) groups excluding carboxylic acids is 1. The molecule has 3 nitrogen and oxygen atoms in total. The van der Waals surface area contributed by atoms with Crippen LogP contribution in [0.2, 0.25) is 0 Å². The van der Waals surface area contributed by atoms with Crippen molar-refractivity contribution in [2.24, 2.45) is 11.3 Å². The van der Waals surface area contributed by atoms with Gasteiger partial charge >= 0.3 is 0 Å². The lowest BCUT2D eigenvalue weighted by Crippen LogP contribution is -2.48. The Hall–Kier alpha value is -1.00. The lowest BCUT2D eigenvalue weighted by molar-refractivity contribution is -0.134. The van der Waals surface area contributed by atoms with Gasteiger partial charge in [0.15, 0.2) is 0 Å². The van der Waals surface area contributed by atoms with Crippen LogP contribution in [0.15, 0.2) is 24.3 Å². The molecule has 4 rings (SSSR count). The molecule has 1 amide bonds. The predicted octanol–water partition coefficient (Wildman–Crippen LogP) is 2.91. The molecule has 2 N–H and O–H groups in total. The molecule has 124 valence electrons. The van der Waals surface area contributed by atoms with Crippen LogP contribution in [0, 0.1) is 11.3 Å². The van der Waals surface area contributed by atoms with Crippen molar-refractivity contribution >= 4 is 17.7 Å². The highest BCUT2D eigenvalue weighted by Crippen LogP contribution is 2.44. The number of benzene rings is 1. The molecule has 2 fully saturated rings. The number of fused-ring (bicyclic) bond motifs is 2. The summed E-state index contributed by atoms with van der Waals surface area (Å²) in [6.07, 6.45) is 5.91. The number of aryl methyl sites for hydroxylation is 1. The van der Waals surface area contributed by atoms with E-state index in [0.29, 0.717) is 17.1 Å². The molecule has 1 saturated heterocycles. The van der Waals surface area contributed by atoms with E-state index < -0.39 is 0 Å². The third kappa shape index (κ3) is 2.80. The van der Waals surface area contributed by atoms with Crippen LogP contribution in [-0.4, -0.2) is 31.3 Å². The van der Waals surface area contributed by atoms with Crippen LogP contribution in [0.25, 0.3) is 0 Å². The summed E-state index contributed by atoms with van der Waals surface area (Å²) in [5.41, 5.74) is 2.75. The van der Waals surface area contributed by atoms with Crippen molar-refractivity contribution in [3.05, 3.63) is 35.4 Å². The Balaban J connectivity index is 1.44. The van der Waals surface area contributed by atoms with E-state index >= 15 is 0 Å². The third-order valence-corrected chi connectivity index (χ3v) is 7.29. The van der Waals surface area contributed by atoms with Crippen molar-refractivity contribution in [3.8, 4) is 0 Å². The fourth-order valence-electron chi connectivity index (χ4n) is 4.70. The quantitative estimate of drug-likeness (QED) is 0.895. The van der Waals surface area contributed by atoms with Gasteiger partial charge in [-0.3, -0.25) is 4.79 Å². The second kappa shape index (κ2) is 6.48. The number of nitrogens with one attached hydrogen (secondary N) is 2. The number of rotatable bonds is 3. The molecule has 1 aliphatic carbocycles. The Morgan fingerprint density at radius 1 is 1.35 bits per heavy atom. The van der Waals surface area contributed by atoms with Crippen LogP contribution >= 0.6 is 11.8 Å². The summed E-state index contributed by atoms with van der Waals surface area (Å²) in [7, 11) is 0. The van der Waals surface area contributed by atoms with Gasteiger partial charge in [0.2, 0.25) is 5.91 Å². The molecule has 0 bridgehead atoms. The monoisotopic (exact) mass is 330 g/mol. The summed E-state index contributed by atoms with van der Waals surface area (Å²) in [5, 5.41) is 7.21. The molecule has 1 saturated carbocycles. The summed E-state index contributed by atoms with van der Waals surface area (Å²) < 4.78 is 0. The largest absolute Gasteiger partial charge is 0.354 e. The first kappa shape index (κ1) is 15.5. The van der Waals surface area contributed by atoms with Gasteiger partial charge in [-0.05, 0) is 48.6 Å². The highest BCUT2D eigenvalue weighted by molar-refractivity contribution is 7.99. The topological polar surface area (TPSA) is 41.1 Å². The molecule has 1 unspecified atom stereocenters. The third-order valence-electron chi connectivity index (χ3n) is 6.03. The normalized spacial score (nSPS) is 32.9. The molecule has 0 radical (unpaired) electrons. The Morgan fingerprint density at radius 2 is 2.26 bits per heavy atom. The van der Waals surface area contributed by atoms with Gasteiger partial charge in [-0.2, -0.15) is 11.8 Å². The summed E-state index contributed by atoms with van der Waals surface area (Å²) in [5.74, 6) is 2.01. The van der Waals surface area contributed by atoms with E-state index in [1.54, 1.807) is 0 Å². The molecule has 3 aliphatic rings. The van der Waals surface area contributed by atoms with E-state index in [4.69, 9.17) is 0 Å². The number of hydrogen-bond donors (Lipinski definition) is 2. The molecule has 0 spiro atoms. The summed E-state index contributed by atoms with van der Waals surface area (Å²) in [6.45, 7) is 2.67. The van der Waals surface area contributed by atoms with Crippen LogP contribution in [0.5, 0.6) is 0 Å². The Labute approximate surface area is 143 Å². The van der Waals surface area contributed by atoms with Crippen LogP contribution in [-0.2, 0) is 11.2 Å². The zero-order valence-electron chi connectivity index (χ0n) is 13.6. The van der Waals surface area contributed by atoms with Crippen LogP contribution in [0.1, 0.15) is 42.1 Å². The summed E-state index contributed by atoms with van der Waals surface area (Å²) in [6, 6.07) is 8.72. The number of thioether (sulfide) groups is 1. The van der Waals surface area contributed by atoms with E-state index in [0.717, 1.165) is 38.2 Å². The van der Waals surface area contributed by atoms with Gasteiger partial charge < -0.3 is 10.6 Å². The zero-order chi connectivity index (χ0) is 15.7. The number of amides is 1. The van der Waals surface area contributed by atoms with Crippen molar-refractivity contribution in [2.45, 2.75) is 37.4 Å². The standard InChI is InChI=1S/C19H26N2OS/c22-18(19-9-4-3-6-15(19)11-20-13-19)21-12-17-16-7-2-1-5-14(16)8-10-23-17/h1-2,5,7,15,17,20H,3-4,6,8-13H2,(H,21,22)/t15-,17?,19+/m0/s1. The van der Waals surface area contributed by atoms with Crippen molar-refractivity contribution in [1.82, 2.24) is 10.6 Å². The molecule has 4 heteroatoms. The van der Waals surface area contributed by atoms with Gasteiger partial charge in [0.1, 0.15) is 0 Å². The number of carbonyl (C=O) groups is 1. The second-order valence-electron chi connectivity index (χ2n) is 7.25. The van der Waals surface area contributed by atoms with Gasteiger partial charge in [0.25, 0.3) is 0 Å². The maximum atomic E-state index is 13.0. The molecule has 0 aromatic heterocycles. The maximum absolute atomic E-state index is 13.0. The highest BCUT2D eigenvalue weighted by Gasteiger charge is 2.49. The zero-order valence-corrected chi connectivity index (χ0v) is 14.5. The average molecular weight is 330 g/mol. The van der Waals surface area contributed by atoms with Gasteiger partial charge in [-0.1, -0.05) is 37.1 Å². The molecule has 3 atom stereocenters. The molecular formula is C19H26N2OS. The molecular weight excluding hydrogens is 304 g/mol. The van der Waals surface area contributed by atoms with E-state index in [2.05, 4.69) is 34.9 Å². The lowest BCUT2D eigenvalue weighted by Gasteiger charge is -2.37. The van der Waals surface area contributed by atoms with Gasteiger partial charge in [0, 0.05) is 18.3 Å². The lowest BCUT2D eigenvalue weighted by atomic mass is 9.67. The first-order valence-electron chi connectivity index (χ1n) is 8.98. The Kier molecular flexibility index (Phi) is 4.37. The fourth-order valence-corrected chi connectivity index (χ4v) is 5.93. The molecule has 1 aromatic carbocycles. The summed E-state index contributed by atoms with van der Waals surface area (Å²) >= 11 is 1.99. The Bertz CT molecular complexity index is 590. The molecule has 2 aliphatic heterocycles. The van der Waals surface area contributed by atoms with Crippen molar-refractivity contribution in [3.63, 3.8) is 0 Å². The van der Waals surface area contributed by atoms with Crippen LogP contribution in [0.4, 0.5) is 0 Å². The van der Waals surface area contributed by atoms with Crippen molar-refractivity contribution in [2.75, 3.05) is 25.4 Å². The second-order valence-corrected chi connectivity index (χ2v) is 8.56. The van der Waals surface area contributed by atoms with Gasteiger partial charge in [-0.15, -0.1) is 0 Å². The average Bonchev–Trinajstić information content (AvgIpc) is 3.05. The van der Waals surface area contributed by atoms with Gasteiger partial charge in [-0.25, -0.2) is 0 Å². The number of hydrogen-bond acceptors (Lipinski definition) is 3. The molecule has 1 aromatic rings. The first-order chi connectivity index (χ1) is 11.3. The van der Waals surface area contributed by atoms with Gasteiger partial charge in [0.05, 0.1) is 5.41 Å². The minimum absolute atomic E-state index is 0.128. The van der Waals surface area contributed by atoms with E-state index in [-0.39, 0.29) is 5.41 Å². The van der Waals surface area contributed by atoms with E-state index in [1.165, 1.54) is 30.4 Å². The maximum Gasteiger partial charge on any atom is 0.227 e.